The van der Waals surface area contributed by atoms with Crippen LogP contribution in [0.25, 0.3) is 0 Å². The minimum Gasteiger partial charge on any atom is -0.481 e. The lowest BCUT2D eigenvalue weighted by molar-refractivity contribution is -0.142. The minimum atomic E-state index is -1.86. The van der Waals surface area contributed by atoms with Gasteiger partial charge in [-0.2, -0.15) is 0 Å². The molecule has 0 radical (unpaired) electrons. The van der Waals surface area contributed by atoms with Gasteiger partial charge in [0.25, 0.3) is 5.97 Å². The highest BCUT2D eigenvalue weighted by molar-refractivity contribution is 5.84. The number of carboxylic acids is 1. The van der Waals surface area contributed by atoms with Gasteiger partial charge in [-0.05, 0) is 0 Å². The number of hydrogen-bond acceptors (Lipinski definition) is 7. The van der Waals surface area contributed by atoms with Gasteiger partial charge in [-0.15, -0.1) is 0 Å². The van der Waals surface area contributed by atoms with Crippen LogP contribution in [0.2, 0.25) is 0 Å². The smallest absolute Gasteiger partial charge is 0.300 e. The molecule has 0 fully saturated rings. The van der Waals surface area contributed by atoms with Crippen LogP contribution in [0.1, 0.15) is 6.92 Å². The van der Waals surface area contributed by atoms with E-state index in [0.29, 0.717) is 0 Å². The van der Waals surface area contributed by atoms with Gasteiger partial charge in [-0.3, -0.25) is 9.59 Å². The molecule has 8 heteroatoms. The number of carbonyl (C=O) groups is 2. The molecular weight excluding hydrogens is 224 g/mol. The van der Waals surface area contributed by atoms with Crippen LogP contribution in [-0.2, 0) is 9.59 Å². The summed E-state index contributed by atoms with van der Waals surface area (Å²) < 4.78 is 0. The lowest BCUT2D eigenvalue weighted by Gasteiger charge is -2.19. The fourth-order valence-electron chi connectivity index (χ4n) is 0.602. The summed E-state index contributed by atoms with van der Waals surface area (Å²) in [6.45, 7) is -0.604. The Kier molecular flexibility index (Phi) is 9.96. The van der Waals surface area contributed by atoms with E-state index in [-0.39, 0.29) is 0 Å². The molecule has 0 aliphatic rings. The number of carbonyl (C=O) groups excluding carboxylic acids is 1. The van der Waals surface area contributed by atoms with Crippen molar-refractivity contribution in [2.24, 2.45) is 0 Å². The van der Waals surface area contributed by atoms with E-state index >= 15 is 0 Å². The van der Waals surface area contributed by atoms with Gasteiger partial charge in [0, 0.05) is 6.92 Å². The molecule has 0 heterocycles. The third-order valence-electron chi connectivity index (χ3n) is 1.39. The SMILES string of the molecule is CC(=O)O.O=C(CO)[C@@H](O)[C@H](O)[C@H](O)CO. The van der Waals surface area contributed by atoms with Gasteiger partial charge < -0.3 is 30.6 Å². The Morgan fingerprint density at radius 2 is 1.50 bits per heavy atom. The molecule has 0 aromatic carbocycles. The predicted octanol–water partition coefficient (Wildman–Crippen LogP) is -3.29. The molecule has 0 aliphatic heterocycles. The molecule has 0 amide bonds. The molecule has 0 aromatic rings. The topological polar surface area (TPSA) is 156 Å². The molecule has 0 bridgehead atoms. The normalized spacial score (nSPS) is 15.4. The number of carboxylic acid groups (broad SMARTS) is 1. The average Bonchev–Trinajstić information content (AvgIpc) is 2.24. The molecular formula is C8H16O8. The Bertz CT molecular complexity index is 212. The molecule has 0 saturated carbocycles. The van der Waals surface area contributed by atoms with E-state index in [0.717, 1.165) is 6.92 Å². The zero-order chi connectivity index (χ0) is 13.3. The first-order chi connectivity index (χ1) is 7.27. The third-order valence-corrected chi connectivity index (χ3v) is 1.39. The van der Waals surface area contributed by atoms with E-state index in [9.17, 15) is 4.79 Å². The van der Waals surface area contributed by atoms with Gasteiger partial charge in [0.2, 0.25) is 0 Å². The molecule has 0 aliphatic carbocycles. The highest BCUT2D eigenvalue weighted by atomic mass is 16.4. The maximum atomic E-state index is 10.5. The molecule has 0 rings (SSSR count). The first-order valence-electron chi connectivity index (χ1n) is 4.26. The zero-order valence-electron chi connectivity index (χ0n) is 8.65. The second kappa shape index (κ2) is 9.19. The van der Waals surface area contributed by atoms with E-state index in [1.165, 1.54) is 0 Å². The summed E-state index contributed by atoms with van der Waals surface area (Å²) in [6, 6.07) is 0. The van der Waals surface area contributed by atoms with Crippen LogP contribution in [0, 0.1) is 0 Å². The first kappa shape index (κ1) is 17.3. The third kappa shape index (κ3) is 8.26. The van der Waals surface area contributed by atoms with Gasteiger partial charge in [0.1, 0.15) is 24.9 Å². The first-order valence-corrected chi connectivity index (χ1v) is 4.26. The number of ketones is 1. The number of aliphatic carboxylic acids is 1. The molecule has 0 aromatic heterocycles. The number of aliphatic hydroxyl groups excluding tert-OH is 5. The number of Topliss-reactive ketones (excluding diaryl/α,β-unsaturated/α-hetero) is 1. The Morgan fingerprint density at radius 3 is 1.75 bits per heavy atom. The number of hydrogen-bond donors (Lipinski definition) is 6. The lowest BCUT2D eigenvalue weighted by Crippen LogP contribution is -2.44. The van der Waals surface area contributed by atoms with Crippen LogP contribution in [-0.4, -0.2) is 73.9 Å². The van der Waals surface area contributed by atoms with Crippen molar-refractivity contribution in [2.45, 2.75) is 25.2 Å². The van der Waals surface area contributed by atoms with Crippen molar-refractivity contribution in [2.75, 3.05) is 13.2 Å². The van der Waals surface area contributed by atoms with Crippen LogP contribution >= 0.6 is 0 Å². The average molecular weight is 240 g/mol. The molecule has 0 spiro atoms. The molecule has 96 valence electrons. The second-order valence-corrected chi connectivity index (χ2v) is 2.83. The van der Waals surface area contributed by atoms with Crippen molar-refractivity contribution in [3.05, 3.63) is 0 Å². The quantitative estimate of drug-likeness (QED) is 0.292. The summed E-state index contributed by atoms with van der Waals surface area (Å²) in [5, 5.41) is 50.5. The van der Waals surface area contributed by atoms with Crippen LogP contribution in [0.15, 0.2) is 0 Å². The van der Waals surface area contributed by atoms with E-state index in [2.05, 4.69) is 0 Å². The van der Waals surface area contributed by atoms with Crippen molar-refractivity contribution in [1.82, 2.24) is 0 Å². The summed E-state index contributed by atoms with van der Waals surface area (Å²) in [5.41, 5.74) is 0. The largest absolute Gasteiger partial charge is 0.481 e. The molecule has 16 heavy (non-hydrogen) atoms. The maximum Gasteiger partial charge on any atom is 0.300 e. The van der Waals surface area contributed by atoms with Gasteiger partial charge in [0.05, 0.1) is 6.61 Å². The summed E-state index contributed by atoms with van der Waals surface area (Å²) in [7, 11) is 0. The second-order valence-electron chi connectivity index (χ2n) is 2.83. The molecule has 0 saturated heterocycles. The Labute approximate surface area is 91.4 Å². The number of rotatable bonds is 5. The van der Waals surface area contributed by atoms with Crippen LogP contribution in [0.3, 0.4) is 0 Å². The van der Waals surface area contributed by atoms with Crippen LogP contribution in [0.4, 0.5) is 0 Å². The van der Waals surface area contributed by atoms with Crippen LogP contribution < -0.4 is 0 Å². The maximum absolute atomic E-state index is 10.5. The Hall–Kier alpha value is -1.06. The van der Waals surface area contributed by atoms with E-state index in [4.69, 9.17) is 35.4 Å². The Morgan fingerprint density at radius 1 is 1.12 bits per heavy atom. The molecule has 6 N–H and O–H groups in total. The van der Waals surface area contributed by atoms with Crippen molar-refractivity contribution in [3.63, 3.8) is 0 Å². The molecule has 3 atom stereocenters. The number of aliphatic hydroxyl groups is 5. The van der Waals surface area contributed by atoms with Crippen molar-refractivity contribution >= 4 is 11.8 Å². The zero-order valence-corrected chi connectivity index (χ0v) is 8.65. The summed E-state index contributed by atoms with van der Waals surface area (Å²) in [6.07, 6.45) is -5.22. The van der Waals surface area contributed by atoms with Gasteiger partial charge >= 0.3 is 0 Å². The predicted molar refractivity (Wildman–Crippen MR) is 50.5 cm³/mol. The minimum absolute atomic E-state index is 0.767. The molecule has 8 nitrogen and oxygen atoms in total. The van der Waals surface area contributed by atoms with E-state index in [1.54, 1.807) is 0 Å². The van der Waals surface area contributed by atoms with Gasteiger partial charge in [-0.1, -0.05) is 0 Å². The highest BCUT2D eigenvalue weighted by Gasteiger charge is 2.28. The summed E-state index contributed by atoms with van der Waals surface area (Å²) >= 11 is 0. The standard InChI is InChI=1S/C6H12O6.C2H4O2/c7-1-3(9)5(11)6(12)4(10)2-8;1-2(3)4/h3,5-9,11-12H,1-2H2;1H3,(H,3,4)/t3-,5-,6-;/m1./s1. The van der Waals surface area contributed by atoms with Gasteiger partial charge in [0.15, 0.2) is 5.78 Å². The summed E-state index contributed by atoms with van der Waals surface area (Å²) in [4.78, 5) is 19.5. The van der Waals surface area contributed by atoms with Crippen molar-refractivity contribution in [1.29, 1.82) is 0 Å². The molecule has 0 unspecified atom stereocenters. The van der Waals surface area contributed by atoms with Crippen molar-refractivity contribution in [3.8, 4) is 0 Å². The lowest BCUT2D eigenvalue weighted by atomic mass is 10.1. The van der Waals surface area contributed by atoms with Crippen LogP contribution in [0.5, 0.6) is 0 Å². The van der Waals surface area contributed by atoms with E-state index in [1.807, 2.05) is 0 Å². The fourth-order valence-corrected chi connectivity index (χ4v) is 0.602. The Balaban J connectivity index is 0. The summed E-state index contributed by atoms with van der Waals surface area (Å²) in [5.74, 6) is -1.84. The van der Waals surface area contributed by atoms with Gasteiger partial charge in [-0.25, -0.2) is 0 Å². The van der Waals surface area contributed by atoms with Crippen molar-refractivity contribution < 1.29 is 40.2 Å². The fraction of sp³-hybridized carbons (Fsp3) is 0.750. The van der Waals surface area contributed by atoms with E-state index < -0.39 is 43.3 Å². The monoisotopic (exact) mass is 240 g/mol. The highest BCUT2D eigenvalue weighted by Crippen LogP contribution is 2.00.